The van der Waals surface area contributed by atoms with E-state index in [1.807, 2.05) is 6.92 Å². The van der Waals surface area contributed by atoms with Gasteiger partial charge in [-0.15, -0.1) is 0 Å². The molecule has 126 valence electrons. The van der Waals surface area contributed by atoms with Crippen LogP contribution in [0.4, 0.5) is 4.39 Å². The van der Waals surface area contributed by atoms with Crippen LogP contribution in [0.15, 0.2) is 29.2 Å². The fourth-order valence-electron chi connectivity index (χ4n) is 5.79. The molecule has 0 amide bonds. The number of nitrogens with one attached hydrogen (secondary N) is 1. The van der Waals surface area contributed by atoms with Gasteiger partial charge in [0, 0.05) is 6.04 Å². The van der Waals surface area contributed by atoms with Crippen LogP contribution >= 0.6 is 0 Å². The molecule has 5 heteroatoms. The summed E-state index contributed by atoms with van der Waals surface area (Å²) >= 11 is 0. The molecule has 23 heavy (non-hydrogen) atoms. The lowest BCUT2D eigenvalue weighted by molar-refractivity contribution is -0.0463. The van der Waals surface area contributed by atoms with Crippen molar-refractivity contribution in [2.24, 2.45) is 29.6 Å². The fourth-order valence-corrected chi connectivity index (χ4v) is 7.07. The molecule has 1 aromatic carbocycles. The maximum Gasteiger partial charge on any atom is 0.240 e. The Kier molecular flexibility index (Phi) is 3.76. The summed E-state index contributed by atoms with van der Waals surface area (Å²) in [5.74, 6) is 3.16. The predicted molar refractivity (Wildman–Crippen MR) is 86.7 cm³/mol. The van der Waals surface area contributed by atoms with Gasteiger partial charge in [-0.1, -0.05) is 0 Å². The van der Waals surface area contributed by atoms with Gasteiger partial charge in [0.1, 0.15) is 5.82 Å². The molecule has 1 atom stereocenters. The van der Waals surface area contributed by atoms with Crippen LogP contribution in [0, 0.1) is 35.4 Å². The Labute approximate surface area is 137 Å². The van der Waals surface area contributed by atoms with E-state index in [0.29, 0.717) is 17.8 Å². The first-order chi connectivity index (χ1) is 10.9. The maximum absolute atomic E-state index is 13.0. The summed E-state index contributed by atoms with van der Waals surface area (Å²) in [5, 5.41) is 0. The van der Waals surface area contributed by atoms with Crippen LogP contribution in [0.5, 0.6) is 0 Å². The Hall–Kier alpha value is -0.940. The smallest absolute Gasteiger partial charge is 0.208 e. The lowest BCUT2D eigenvalue weighted by atomic mass is 9.51. The summed E-state index contributed by atoms with van der Waals surface area (Å²) in [5.41, 5.74) is 0. The number of benzene rings is 1. The number of sulfonamides is 1. The van der Waals surface area contributed by atoms with E-state index in [4.69, 9.17) is 0 Å². The Bertz CT molecular complexity index is 657. The fraction of sp³-hybridized carbons (Fsp3) is 0.667. The summed E-state index contributed by atoms with van der Waals surface area (Å²) in [6, 6.07) is 5.01. The molecule has 0 heterocycles. The molecule has 0 aliphatic heterocycles. The van der Waals surface area contributed by atoms with Crippen LogP contribution in [0.1, 0.15) is 39.0 Å². The van der Waals surface area contributed by atoms with Gasteiger partial charge in [-0.2, -0.15) is 0 Å². The Balaban J connectivity index is 1.51. The summed E-state index contributed by atoms with van der Waals surface area (Å²) < 4.78 is 41.0. The maximum atomic E-state index is 13.0. The molecule has 0 saturated heterocycles. The molecule has 4 aliphatic carbocycles. The van der Waals surface area contributed by atoms with Gasteiger partial charge >= 0.3 is 0 Å². The quantitative estimate of drug-likeness (QED) is 0.913. The van der Waals surface area contributed by atoms with Crippen LogP contribution in [0.3, 0.4) is 0 Å². The van der Waals surface area contributed by atoms with Crippen molar-refractivity contribution in [1.82, 2.24) is 4.72 Å². The highest BCUT2D eigenvalue weighted by molar-refractivity contribution is 7.89. The molecule has 0 spiro atoms. The van der Waals surface area contributed by atoms with Crippen LogP contribution in [-0.2, 0) is 10.0 Å². The minimum atomic E-state index is -3.58. The third kappa shape index (κ3) is 2.82. The average Bonchev–Trinajstić information content (AvgIpc) is 2.45. The molecule has 5 rings (SSSR count). The van der Waals surface area contributed by atoms with E-state index in [-0.39, 0.29) is 10.9 Å². The van der Waals surface area contributed by atoms with E-state index >= 15 is 0 Å². The van der Waals surface area contributed by atoms with Crippen LogP contribution in [0.25, 0.3) is 0 Å². The van der Waals surface area contributed by atoms with Gasteiger partial charge in [-0.3, -0.25) is 0 Å². The minimum Gasteiger partial charge on any atom is -0.208 e. The van der Waals surface area contributed by atoms with E-state index < -0.39 is 15.8 Å². The van der Waals surface area contributed by atoms with Crippen molar-refractivity contribution in [3.63, 3.8) is 0 Å². The van der Waals surface area contributed by atoms with Gasteiger partial charge in [-0.25, -0.2) is 17.5 Å². The van der Waals surface area contributed by atoms with E-state index in [9.17, 15) is 12.8 Å². The van der Waals surface area contributed by atoms with E-state index in [1.165, 1.54) is 56.4 Å². The summed E-state index contributed by atoms with van der Waals surface area (Å²) in [6.07, 6.45) is 6.51. The van der Waals surface area contributed by atoms with Gasteiger partial charge in [0.15, 0.2) is 0 Å². The third-order valence-corrected chi connectivity index (χ3v) is 7.92. The Morgan fingerprint density at radius 2 is 1.52 bits per heavy atom. The Morgan fingerprint density at radius 1 is 1.00 bits per heavy atom. The highest BCUT2D eigenvalue weighted by atomic mass is 32.2. The molecule has 4 saturated carbocycles. The van der Waals surface area contributed by atoms with Crippen LogP contribution < -0.4 is 4.72 Å². The van der Waals surface area contributed by atoms with Crippen molar-refractivity contribution >= 4 is 10.0 Å². The first-order valence-electron chi connectivity index (χ1n) is 8.70. The topological polar surface area (TPSA) is 46.2 Å². The van der Waals surface area contributed by atoms with Crippen LogP contribution in [-0.4, -0.2) is 14.5 Å². The standard InChI is InChI=1S/C18H24FNO2S/c1-11(20-23(21,22)17-4-2-16(19)3-5-17)18-14-7-12-6-13(9-14)10-15(18)8-12/h2-5,11-15,18,20H,6-10H2,1H3. The number of hydrogen-bond acceptors (Lipinski definition) is 2. The average molecular weight is 337 g/mol. The molecule has 3 nitrogen and oxygen atoms in total. The summed E-state index contributed by atoms with van der Waals surface area (Å²) in [7, 11) is -3.58. The van der Waals surface area contributed by atoms with Gasteiger partial charge < -0.3 is 0 Å². The summed E-state index contributed by atoms with van der Waals surface area (Å²) in [6.45, 7) is 2.01. The summed E-state index contributed by atoms with van der Waals surface area (Å²) in [4.78, 5) is 0.148. The lowest BCUT2D eigenvalue weighted by Gasteiger charge is -2.56. The van der Waals surface area contributed by atoms with Crippen molar-refractivity contribution < 1.29 is 12.8 Å². The first kappa shape index (κ1) is 15.6. The molecular formula is C18H24FNO2S. The normalized spacial score (nSPS) is 37.0. The molecule has 0 aromatic heterocycles. The molecule has 4 bridgehead atoms. The van der Waals surface area contributed by atoms with Crippen molar-refractivity contribution in [1.29, 1.82) is 0 Å². The zero-order valence-electron chi connectivity index (χ0n) is 13.4. The van der Waals surface area contributed by atoms with Gasteiger partial charge in [0.25, 0.3) is 0 Å². The molecular weight excluding hydrogens is 313 g/mol. The Morgan fingerprint density at radius 3 is 2.04 bits per heavy atom. The van der Waals surface area contributed by atoms with Crippen molar-refractivity contribution in [2.45, 2.75) is 50.0 Å². The minimum absolute atomic E-state index is 0.0555. The highest BCUT2D eigenvalue weighted by Crippen LogP contribution is 2.57. The number of rotatable bonds is 4. The zero-order chi connectivity index (χ0) is 16.2. The van der Waals surface area contributed by atoms with Crippen molar-refractivity contribution in [3.8, 4) is 0 Å². The zero-order valence-corrected chi connectivity index (χ0v) is 14.2. The van der Waals surface area contributed by atoms with E-state index in [2.05, 4.69) is 4.72 Å². The van der Waals surface area contributed by atoms with Crippen LogP contribution in [0.2, 0.25) is 0 Å². The SMILES string of the molecule is CC(NS(=O)(=O)c1ccc(F)cc1)C1C2CC3CC(C2)CC1C3. The second kappa shape index (κ2) is 5.55. The third-order valence-electron chi connectivity index (χ3n) is 6.34. The molecule has 0 radical (unpaired) electrons. The predicted octanol–water partition coefficient (Wildman–Crippen LogP) is 3.56. The van der Waals surface area contributed by atoms with Crippen molar-refractivity contribution in [3.05, 3.63) is 30.1 Å². The highest BCUT2D eigenvalue weighted by Gasteiger charge is 2.50. The molecule has 1 unspecified atom stereocenters. The molecule has 4 aliphatic rings. The number of halogens is 1. The van der Waals surface area contributed by atoms with Gasteiger partial charge in [0.05, 0.1) is 4.90 Å². The second-order valence-corrected chi connectivity index (χ2v) is 9.59. The number of hydrogen-bond donors (Lipinski definition) is 1. The molecule has 1 aromatic rings. The van der Waals surface area contributed by atoms with Gasteiger partial charge in [0.2, 0.25) is 10.0 Å². The largest absolute Gasteiger partial charge is 0.240 e. The van der Waals surface area contributed by atoms with Crippen molar-refractivity contribution in [2.75, 3.05) is 0 Å². The molecule has 1 N–H and O–H groups in total. The van der Waals surface area contributed by atoms with Gasteiger partial charge in [-0.05, 0) is 92.9 Å². The lowest BCUT2D eigenvalue weighted by Crippen LogP contribution is -2.52. The van der Waals surface area contributed by atoms with E-state index in [1.54, 1.807) is 0 Å². The molecule has 4 fully saturated rings. The monoisotopic (exact) mass is 337 g/mol. The first-order valence-corrected chi connectivity index (χ1v) is 10.2. The second-order valence-electron chi connectivity index (χ2n) is 7.87. The van der Waals surface area contributed by atoms with E-state index in [0.717, 1.165) is 11.8 Å².